The number of nitrogens with zero attached hydrogens (tertiary/aromatic N) is 1. The maximum Gasteiger partial charge on any atom is 0.216 e. The monoisotopic (exact) mass is 362 g/mol. The molecular formula is C19H30N4O3. The third kappa shape index (κ3) is 6.92. The largest absolute Gasteiger partial charge is 0.488 e. The highest BCUT2D eigenvalue weighted by molar-refractivity contribution is 5.80. The Kier molecular flexibility index (Phi) is 8.21. The van der Waals surface area contributed by atoms with Crippen molar-refractivity contribution in [1.29, 1.82) is 0 Å². The maximum atomic E-state index is 10.9. The third-order valence-electron chi connectivity index (χ3n) is 3.95. The highest BCUT2D eigenvalue weighted by atomic mass is 16.5. The van der Waals surface area contributed by atoms with Crippen LogP contribution in [0.4, 0.5) is 0 Å². The van der Waals surface area contributed by atoms with Gasteiger partial charge in [0.15, 0.2) is 5.96 Å². The molecule has 1 aromatic carbocycles. The van der Waals surface area contributed by atoms with Crippen molar-refractivity contribution >= 4 is 11.9 Å². The minimum atomic E-state index is -0.0360. The van der Waals surface area contributed by atoms with Crippen LogP contribution < -0.4 is 20.7 Å². The van der Waals surface area contributed by atoms with Crippen LogP contribution in [-0.2, 0) is 16.1 Å². The molecule has 1 aromatic rings. The minimum absolute atomic E-state index is 0.0360. The Hall–Kier alpha value is -2.28. The first-order valence-corrected chi connectivity index (χ1v) is 9.19. The lowest BCUT2D eigenvalue weighted by Gasteiger charge is -2.16. The molecule has 1 aliphatic heterocycles. The lowest BCUT2D eigenvalue weighted by atomic mass is 10.1. The quantitative estimate of drug-likeness (QED) is 0.369. The van der Waals surface area contributed by atoms with Crippen molar-refractivity contribution in [3.05, 3.63) is 29.3 Å². The van der Waals surface area contributed by atoms with Crippen molar-refractivity contribution in [2.24, 2.45) is 4.99 Å². The molecular weight excluding hydrogens is 332 g/mol. The summed E-state index contributed by atoms with van der Waals surface area (Å²) >= 11 is 0. The van der Waals surface area contributed by atoms with Gasteiger partial charge in [-0.1, -0.05) is 12.1 Å². The number of guanidine groups is 1. The van der Waals surface area contributed by atoms with E-state index in [0.717, 1.165) is 36.4 Å². The van der Waals surface area contributed by atoms with Crippen LogP contribution in [-0.4, -0.2) is 50.8 Å². The zero-order valence-corrected chi connectivity index (χ0v) is 15.9. The molecule has 0 aliphatic carbocycles. The molecule has 1 saturated heterocycles. The van der Waals surface area contributed by atoms with Gasteiger partial charge in [0.1, 0.15) is 11.9 Å². The van der Waals surface area contributed by atoms with Crippen LogP contribution >= 0.6 is 0 Å². The number of hydrogen-bond donors (Lipinski definition) is 3. The van der Waals surface area contributed by atoms with Crippen LogP contribution in [0.3, 0.4) is 0 Å². The number of aliphatic imine (C=N–C) groups is 1. The van der Waals surface area contributed by atoms with E-state index >= 15 is 0 Å². The van der Waals surface area contributed by atoms with Crippen LogP contribution in [0.1, 0.15) is 31.4 Å². The SMILES string of the molecule is CCNC(=NCc1ccc(C)cc1OC1CCOC1)NCCNC(C)=O. The van der Waals surface area contributed by atoms with E-state index in [9.17, 15) is 4.79 Å². The van der Waals surface area contributed by atoms with Crippen molar-refractivity contribution in [2.75, 3.05) is 32.8 Å². The van der Waals surface area contributed by atoms with Gasteiger partial charge in [-0.3, -0.25) is 4.79 Å². The van der Waals surface area contributed by atoms with Gasteiger partial charge >= 0.3 is 0 Å². The van der Waals surface area contributed by atoms with Gasteiger partial charge in [0.2, 0.25) is 5.91 Å². The Morgan fingerprint density at radius 1 is 1.31 bits per heavy atom. The number of aryl methyl sites for hydroxylation is 1. The molecule has 0 radical (unpaired) electrons. The average Bonchev–Trinajstić information content (AvgIpc) is 3.10. The molecule has 1 aliphatic rings. The molecule has 3 N–H and O–H groups in total. The predicted molar refractivity (Wildman–Crippen MR) is 103 cm³/mol. The normalized spacial score (nSPS) is 17.0. The molecule has 2 rings (SSSR count). The number of benzene rings is 1. The summed E-state index contributed by atoms with van der Waals surface area (Å²) in [6.07, 6.45) is 1.04. The maximum absolute atomic E-state index is 10.9. The van der Waals surface area contributed by atoms with Gasteiger partial charge in [0.25, 0.3) is 0 Å². The second kappa shape index (κ2) is 10.7. The van der Waals surface area contributed by atoms with Crippen molar-refractivity contribution in [1.82, 2.24) is 16.0 Å². The number of hydrogen-bond acceptors (Lipinski definition) is 4. The van der Waals surface area contributed by atoms with E-state index in [2.05, 4.69) is 46.1 Å². The summed E-state index contributed by atoms with van der Waals surface area (Å²) in [5, 5.41) is 9.18. The van der Waals surface area contributed by atoms with Crippen LogP contribution in [0.25, 0.3) is 0 Å². The molecule has 0 saturated carbocycles. The molecule has 144 valence electrons. The number of carbonyl (C=O) groups is 1. The smallest absolute Gasteiger partial charge is 0.216 e. The van der Waals surface area contributed by atoms with Gasteiger partial charge in [-0.25, -0.2) is 4.99 Å². The van der Waals surface area contributed by atoms with Crippen LogP contribution in [0, 0.1) is 6.92 Å². The highest BCUT2D eigenvalue weighted by Crippen LogP contribution is 2.24. The summed E-state index contributed by atoms with van der Waals surface area (Å²) in [4.78, 5) is 15.6. The molecule has 0 bridgehead atoms. The molecule has 0 aromatic heterocycles. The van der Waals surface area contributed by atoms with Crippen LogP contribution in [0.2, 0.25) is 0 Å². The Morgan fingerprint density at radius 3 is 2.81 bits per heavy atom. The summed E-state index contributed by atoms with van der Waals surface area (Å²) in [6, 6.07) is 6.19. The van der Waals surface area contributed by atoms with Crippen molar-refractivity contribution in [3.8, 4) is 5.75 Å². The Balaban J connectivity index is 1.98. The van der Waals surface area contributed by atoms with E-state index in [-0.39, 0.29) is 12.0 Å². The summed E-state index contributed by atoms with van der Waals surface area (Å²) in [5.74, 6) is 1.55. The summed E-state index contributed by atoms with van der Waals surface area (Å²) < 4.78 is 11.5. The zero-order valence-electron chi connectivity index (χ0n) is 15.9. The lowest BCUT2D eigenvalue weighted by molar-refractivity contribution is -0.118. The zero-order chi connectivity index (χ0) is 18.8. The molecule has 1 atom stereocenters. The van der Waals surface area contributed by atoms with Crippen LogP contribution in [0.15, 0.2) is 23.2 Å². The summed E-state index contributed by atoms with van der Waals surface area (Å²) in [5.41, 5.74) is 2.20. The number of ether oxygens (including phenoxy) is 2. The fraction of sp³-hybridized carbons (Fsp3) is 0.579. The van der Waals surface area contributed by atoms with Gasteiger partial charge in [0.05, 0.1) is 19.8 Å². The Labute approximate surface area is 155 Å². The van der Waals surface area contributed by atoms with Crippen molar-refractivity contribution < 1.29 is 14.3 Å². The van der Waals surface area contributed by atoms with Gasteiger partial charge in [-0.05, 0) is 25.5 Å². The number of nitrogens with one attached hydrogen (secondary N) is 3. The number of carbonyl (C=O) groups excluding carboxylic acids is 1. The molecule has 1 amide bonds. The second-order valence-corrected chi connectivity index (χ2v) is 6.32. The summed E-state index contributed by atoms with van der Waals surface area (Å²) in [7, 11) is 0. The van der Waals surface area contributed by atoms with E-state index in [4.69, 9.17) is 9.47 Å². The lowest BCUT2D eigenvalue weighted by Crippen LogP contribution is -2.41. The second-order valence-electron chi connectivity index (χ2n) is 6.32. The van der Waals surface area contributed by atoms with E-state index in [0.29, 0.717) is 32.2 Å². The number of amides is 1. The topological polar surface area (TPSA) is 84.0 Å². The van der Waals surface area contributed by atoms with Crippen LogP contribution in [0.5, 0.6) is 5.75 Å². The highest BCUT2D eigenvalue weighted by Gasteiger charge is 2.18. The Bertz CT molecular complexity index is 613. The molecule has 1 fully saturated rings. The summed E-state index contributed by atoms with van der Waals surface area (Å²) in [6.45, 7) is 9.43. The molecule has 1 unspecified atom stereocenters. The average molecular weight is 362 g/mol. The minimum Gasteiger partial charge on any atom is -0.488 e. The van der Waals surface area contributed by atoms with E-state index in [1.807, 2.05) is 6.92 Å². The van der Waals surface area contributed by atoms with E-state index in [1.165, 1.54) is 6.92 Å². The first-order valence-electron chi connectivity index (χ1n) is 9.19. The third-order valence-corrected chi connectivity index (χ3v) is 3.95. The molecule has 1 heterocycles. The van der Waals surface area contributed by atoms with Gasteiger partial charge in [0, 0.05) is 38.5 Å². The van der Waals surface area contributed by atoms with Gasteiger partial charge in [-0.2, -0.15) is 0 Å². The van der Waals surface area contributed by atoms with Crippen molar-refractivity contribution in [2.45, 2.75) is 39.8 Å². The molecule has 7 nitrogen and oxygen atoms in total. The van der Waals surface area contributed by atoms with Crippen molar-refractivity contribution in [3.63, 3.8) is 0 Å². The molecule has 26 heavy (non-hydrogen) atoms. The number of rotatable bonds is 8. The van der Waals surface area contributed by atoms with E-state index < -0.39 is 0 Å². The first-order chi connectivity index (χ1) is 12.6. The standard InChI is InChI=1S/C19H30N4O3/c1-4-20-19(22-9-8-21-15(3)24)23-12-16-6-5-14(2)11-18(16)26-17-7-10-25-13-17/h5-6,11,17H,4,7-10,12-13H2,1-3H3,(H,21,24)(H2,20,22,23). The van der Waals surface area contributed by atoms with Gasteiger partial charge < -0.3 is 25.4 Å². The van der Waals surface area contributed by atoms with Gasteiger partial charge in [-0.15, -0.1) is 0 Å². The Morgan fingerprint density at radius 2 is 2.12 bits per heavy atom. The molecule has 0 spiro atoms. The first kappa shape index (κ1) is 20.0. The molecule has 7 heteroatoms. The predicted octanol–water partition coefficient (Wildman–Crippen LogP) is 1.35. The van der Waals surface area contributed by atoms with E-state index in [1.54, 1.807) is 0 Å². The fourth-order valence-electron chi connectivity index (χ4n) is 2.61. The fourth-order valence-corrected chi connectivity index (χ4v) is 2.61.